The zero-order valence-corrected chi connectivity index (χ0v) is 14.1. The van der Waals surface area contributed by atoms with Crippen molar-refractivity contribution in [1.82, 2.24) is 13.9 Å². The lowest BCUT2D eigenvalue weighted by molar-refractivity contribution is 0.332. The number of hydrogen-bond donors (Lipinski definition) is 0. The Balaban J connectivity index is 1.78. The molecule has 0 spiro atoms. The molecule has 1 aliphatic heterocycles. The first-order chi connectivity index (χ1) is 11.7. The van der Waals surface area contributed by atoms with Crippen molar-refractivity contribution in [1.29, 1.82) is 0 Å². The standard InChI is InChI=1S/C18H19N3O2S/c22-24(23,16-6-4-9-19-13-16)21-12-8-17-15(5-3-7-18(17)21)14-20-10-1-2-11-20/h3-9,12-13H,1-2,10-11,14H2. The van der Waals surface area contributed by atoms with Crippen molar-refractivity contribution in [2.45, 2.75) is 24.3 Å². The van der Waals surface area contributed by atoms with Crippen LogP contribution >= 0.6 is 0 Å². The average Bonchev–Trinajstić information content (AvgIpc) is 3.25. The quantitative estimate of drug-likeness (QED) is 0.732. The third kappa shape index (κ3) is 2.61. The minimum atomic E-state index is -3.63. The van der Waals surface area contributed by atoms with E-state index in [-0.39, 0.29) is 4.90 Å². The van der Waals surface area contributed by atoms with E-state index in [1.54, 1.807) is 24.5 Å². The Bertz CT molecular complexity index is 958. The third-order valence-electron chi connectivity index (χ3n) is 4.57. The number of aromatic nitrogens is 2. The molecule has 0 atom stereocenters. The molecule has 1 aliphatic rings. The molecule has 4 rings (SSSR count). The summed E-state index contributed by atoms with van der Waals surface area (Å²) in [6.45, 7) is 3.10. The van der Waals surface area contributed by atoms with Gasteiger partial charge in [0.05, 0.1) is 5.52 Å². The zero-order chi connectivity index (χ0) is 16.6. The van der Waals surface area contributed by atoms with Crippen molar-refractivity contribution in [2.24, 2.45) is 0 Å². The number of likely N-dealkylation sites (tertiary alicyclic amines) is 1. The van der Waals surface area contributed by atoms with Gasteiger partial charge in [-0.3, -0.25) is 9.88 Å². The Morgan fingerprint density at radius 1 is 1.04 bits per heavy atom. The molecule has 1 fully saturated rings. The van der Waals surface area contributed by atoms with Crippen molar-refractivity contribution in [2.75, 3.05) is 13.1 Å². The first kappa shape index (κ1) is 15.4. The van der Waals surface area contributed by atoms with Crippen LogP contribution in [0.2, 0.25) is 0 Å². The molecule has 3 heterocycles. The van der Waals surface area contributed by atoms with E-state index in [2.05, 4.69) is 16.0 Å². The number of benzene rings is 1. The number of hydrogen-bond acceptors (Lipinski definition) is 4. The van der Waals surface area contributed by atoms with Gasteiger partial charge in [-0.15, -0.1) is 0 Å². The van der Waals surface area contributed by atoms with Crippen LogP contribution in [0.4, 0.5) is 0 Å². The minimum Gasteiger partial charge on any atom is -0.299 e. The summed E-state index contributed by atoms with van der Waals surface area (Å²) in [5.74, 6) is 0. The molecule has 0 N–H and O–H groups in total. The summed E-state index contributed by atoms with van der Waals surface area (Å²) in [7, 11) is -3.63. The Labute approximate surface area is 141 Å². The number of rotatable bonds is 4. The van der Waals surface area contributed by atoms with Gasteiger partial charge >= 0.3 is 0 Å². The summed E-state index contributed by atoms with van der Waals surface area (Å²) < 4.78 is 27.1. The highest BCUT2D eigenvalue weighted by molar-refractivity contribution is 7.90. The molecular formula is C18H19N3O2S. The molecule has 5 nitrogen and oxygen atoms in total. The molecule has 6 heteroatoms. The molecule has 0 unspecified atom stereocenters. The maximum Gasteiger partial charge on any atom is 0.269 e. The van der Waals surface area contributed by atoms with Crippen molar-refractivity contribution in [3.8, 4) is 0 Å². The van der Waals surface area contributed by atoms with E-state index < -0.39 is 10.0 Å². The minimum absolute atomic E-state index is 0.201. The molecular weight excluding hydrogens is 322 g/mol. The van der Waals surface area contributed by atoms with Crippen molar-refractivity contribution in [3.05, 3.63) is 60.6 Å². The summed E-state index contributed by atoms with van der Waals surface area (Å²) >= 11 is 0. The number of fused-ring (bicyclic) bond motifs is 1. The first-order valence-electron chi connectivity index (χ1n) is 8.13. The fourth-order valence-electron chi connectivity index (χ4n) is 3.35. The molecule has 3 aromatic rings. The second-order valence-corrected chi connectivity index (χ2v) is 7.95. The van der Waals surface area contributed by atoms with Crippen molar-refractivity contribution < 1.29 is 8.42 Å². The van der Waals surface area contributed by atoms with Gasteiger partial charge in [-0.2, -0.15) is 0 Å². The lowest BCUT2D eigenvalue weighted by atomic mass is 10.1. The van der Waals surface area contributed by atoms with Gasteiger partial charge in [0.1, 0.15) is 4.90 Å². The van der Waals surface area contributed by atoms with Crippen LogP contribution in [0.1, 0.15) is 18.4 Å². The molecule has 124 valence electrons. The molecule has 0 radical (unpaired) electrons. The molecule has 0 saturated carbocycles. The molecule has 1 saturated heterocycles. The van der Waals surface area contributed by atoms with E-state index in [4.69, 9.17) is 0 Å². The van der Waals surface area contributed by atoms with Crippen LogP contribution in [0.3, 0.4) is 0 Å². The Kier molecular flexibility index (Phi) is 3.86. The largest absolute Gasteiger partial charge is 0.299 e. The Hall–Kier alpha value is -2.18. The fourth-order valence-corrected chi connectivity index (χ4v) is 4.66. The predicted octanol–water partition coefficient (Wildman–Crippen LogP) is 2.87. The van der Waals surface area contributed by atoms with E-state index >= 15 is 0 Å². The average molecular weight is 341 g/mol. The summed E-state index contributed by atoms with van der Waals surface area (Å²) in [5, 5.41) is 0.997. The molecule has 24 heavy (non-hydrogen) atoms. The van der Waals surface area contributed by atoms with Gasteiger partial charge in [-0.1, -0.05) is 12.1 Å². The SMILES string of the molecule is O=S(=O)(c1cccnc1)n1ccc2c(CN3CCCC3)cccc21. The van der Waals surface area contributed by atoms with Gasteiger partial charge in [0.25, 0.3) is 10.0 Å². The van der Waals surface area contributed by atoms with Crippen molar-refractivity contribution >= 4 is 20.9 Å². The van der Waals surface area contributed by atoms with Crippen LogP contribution in [0.5, 0.6) is 0 Å². The van der Waals surface area contributed by atoms with Gasteiger partial charge in [0.15, 0.2) is 0 Å². The van der Waals surface area contributed by atoms with E-state index in [0.717, 1.165) is 30.5 Å². The monoisotopic (exact) mass is 341 g/mol. The van der Waals surface area contributed by atoms with E-state index in [9.17, 15) is 8.42 Å². The summed E-state index contributed by atoms with van der Waals surface area (Å²) in [6, 6.07) is 11.0. The van der Waals surface area contributed by atoms with Crippen LogP contribution in [0, 0.1) is 0 Å². The van der Waals surface area contributed by atoms with Gasteiger partial charge in [-0.05, 0) is 55.8 Å². The molecule has 2 aromatic heterocycles. The van der Waals surface area contributed by atoms with E-state index in [1.807, 2.05) is 18.2 Å². The van der Waals surface area contributed by atoms with Gasteiger partial charge in [0, 0.05) is 30.5 Å². The van der Waals surface area contributed by atoms with Crippen LogP contribution in [-0.2, 0) is 16.6 Å². The van der Waals surface area contributed by atoms with Crippen LogP contribution < -0.4 is 0 Å². The zero-order valence-electron chi connectivity index (χ0n) is 13.3. The summed E-state index contributed by atoms with van der Waals surface area (Å²) in [5.41, 5.74) is 1.89. The molecule has 0 amide bonds. The van der Waals surface area contributed by atoms with Crippen LogP contribution in [0.25, 0.3) is 10.9 Å². The maximum atomic E-state index is 12.9. The maximum absolute atomic E-state index is 12.9. The topological polar surface area (TPSA) is 55.2 Å². The normalized spacial score (nSPS) is 16.0. The highest BCUT2D eigenvalue weighted by atomic mass is 32.2. The molecule has 0 aliphatic carbocycles. The third-order valence-corrected chi connectivity index (χ3v) is 6.24. The van der Waals surface area contributed by atoms with Crippen LogP contribution in [0.15, 0.2) is 59.9 Å². The number of nitrogens with zero attached hydrogens (tertiary/aromatic N) is 3. The smallest absolute Gasteiger partial charge is 0.269 e. The Morgan fingerprint density at radius 2 is 1.88 bits per heavy atom. The van der Waals surface area contributed by atoms with E-state index in [0.29, 0.717) is 0 Å². The predicted molar refractivity (Wildman–Crippen MR) is 93.3 cm³/mol. The Morgan fingerprint density at radius 3 is 2.62 bits per heavy atom. The highest BCUT2D eigenvalue weighted by Crippen LogP contribution is 2.26. The second-order valence-electron chi connectivity index (χ2n) is 6.14. The highest BCUT2D eigenvalue weighted by Gasteiger charge is 2.20. The van der Waals surface area contributed by atoms with Gasteiger partial charge < -0.3 is 0 Å². The summed E-state index contributed by atoms with van der Waals surface area (Å²) in [4.78, 5) is 6.55. The first-order valence-corrected chi connectivity index (χ1v) is 9.57. The lowest BCUT2D eigenvalue weighted by Gasteiger charge is -2.15. The second kappa shape index (κ2) is 6.03. The van der Waals surface area contributed by atoms with Gasteiger partial charge in [0.2, 0.25) is 0 Å². The van der Waals surface area contributed by atoms with Crippen LogP contribution in [-0.4, -0.2) is 35.4 Å². The molecule has 1 aromatic carbocycles. The van der Waals surface area contributed by atoms with Crippen molar-refractivity contribution in [3.63, 3.8) is 0 Å². The summed E-state index contributed by atoms with van der Waals surface area (Å²) in [6.07, 6.45) is 7.08. The fraction of sp³-hybridized carbons (Fsp3) is 0.278. The molecule has 0 bridgehead atoms. The van der Waals surface area contributed by atoms with E-state index in [1.165, 1.54) is 28.6 Å². The van der Waals surface area contributed by atoms with Gasteiger partial charge in [-0.25, -0.2) is 12.4 Å². The number of pyridine rings is 1. The lowest BCUT2D eigenvalue weighted by Crippen LogP contribution is -2.18.